The van der Waals surface area contributed by atoms with Crippen LogP contribution in [0.1, 0.15) is 30.9 Å². The molecule has 0 spiro atoms. The first-order valence-electron chi connectivity index (χ1n) is 7.99. The van der Waals surface area contributed by atoms with E-state index in [1.165, 1.54) is 6.07 Å². The van der Waals surface area contributed by atoms with E-state index < -0.39 is 0 Å². The van der Waals surface area contributed by atoms with Crippen molar-refractivity contribution >= 4 is 12.4 Å². The lowest BCUT2D eigenvalue weighted by atomic mass is 10.1. The maximum absolute atomic E-state index is 13.7. The second-order valence-electron chi connectivity index (χ2n) is 5.36. The minimum atomic E-state index is -0.259. The SMILES string of the molecule is CCCCNCc1cccc(OC)c1OCc1ccccc1F.Cl. The van der Waals surface area contributed by atoms with Crippen molar-refractivity contribution in [3.8, 4) is 11.5 Å². The van der Waals surface area contributed by atoms with Crippen molar-refractivity contribution in [2.24, 2.45) is 0 Å². The highest BCUT2D eigenvalue weighted by molar-refractivity contribution is 5.85. The molecule has 0 saturated heterocycles. The van der Waals surface area contributed by atoms with E-state index in [0.29, 0.717) is 23.6 Å². The molecular formula is C19H25ClFNO2. The molecule has 0 bridgehead atoms. The van der Waals surface area contributed by atoms with Gasteiger partial charge in [0, 0.05) is 17.7 Å². The molecule has 5 heteroatoms. The standard InChI is InChI=1S/C19H24FNO2.ClH/c1-3-4-12-21-13-15-9-7-11-18(22-2)19(15)23-14-16-8-5-6-10-17(16)20;/h5-11,21H,3-4,12-14H2,1-2H3;1H. The Morgan fingerprint density at radius 2 is 1.79 bits per heavy atom. The number of para-hydroxylation sites is 1. The van der Waals surface area contributed by atoms with Crippen LogP contribution in [0.4, 0.5) is 4.39 Å². The molecule has 3 nitrogen and oxygen atoms in total. The Hall–Kier alpha value is -1.78. The maximum atomic E-state index is 13.7. The first-order valence-corrected chi connectivity index (χ1v) is 7.99. The summed E-state index contributed by atoms with van der Waals surface area (Å²) >= 11 is 0. The van der Waals surface area contributed by atoms with Crippen molar-refractivity contribution in [1.29, 1.82) is 0 Å². The molecule has 0 atom stereocenters. The van der Waals surface area contributed by atoms with Crippen LogP contribution in [0.2, 0.25) is 0 Å². The summed E-state index contributed by atoms with van der Waals surface area (Å²) in [7, 11) is 1.61. The second kappa shape index (κ2) is 10.9. The minimum Gasteiger partial charge on any atom is -0.493 e. The number of ether oxygens (including phenoxy) is 2. The lowest BCUT2D eigenvalue weighted by molar-refractivity contribution is 0.276. The van der Waals surface area contributed by atoms with Crippen LogP contribution in [0, 0.1) is 5.82 Å². The molecule has 0 radical (unpaired) electrons. The van der Waals surface area contributed by atoms with Gasteiger partial charge in [-0.1, -0.05) is 43.7 Å². The third kappa shape index (κ3) is 5.69. The summed E-state index contributed by atoms with van der Waals surface area (Å²) in [5.74, 6) is 1.07. The molecular weight excluding hydrogens is 329 g/mol. The fourth-order valence-corrected chi connectivity index (χ4v) is 2.32. The Morgan fingerprint density at radius 1 is 1.04 bits per heavy atom. The third-order valence-corrected chi connectivity index (χ3v) is 3.63. The van der Waals surface area contributed by atoms with Gasteiger partial charge in [0.15, 0.2) is 11.5 Å². The van der Waals surface area contributed by atoms with Crippen molar-refractivity contribution < 1.29 is 13.9 Å². The predicted octanol–water partition coefficient (Wildman–Crippen LogP) is 4.72. The minimum absolute atomic E-state index is 0. The Kier molecular flexibility index (Phi) is 9.20. The Labute approximate surface area is 149 Å². The zero-order valence-electron chi connectivity index (χ0n) is 14.2. The lowest BCUT2D eigenvalue weighted by Crippen LogP contribution is -2.15. The van der Waals surface area contributed by atoms with Crippen LogP contribution in [-0.4, -0.2) is 13.7 Å². The van der Waals surface area contributed by atoms with Crippen LogP contribution in [0.15, 0.2) is 42.5 Å². The molecule has 0 aliphatic heterocycles. The number of nitrogens with one attached hydrogen (secondary N) is 1. The molecule has 0 fully saturated rings. The zero-order valence-corrected chi connectivity index (χ0v) is 15.0. The first-order chi connectivity index (χ1) is 11.3. The molecule has 0 amide bonds. The Bertz CT molecular complexity index is 622. The highest BCUT2D eigenvalue weighted by atomic mass is 35.5. The van der Waals surface area contributed by atoms with Gasteiger partial charge in [0.2, 0.25) is 0 Å². The smallest absolute Gasteiger partial charge is 0.166 e. The molecule has 24 heavy (non-hydrogen) atoms. The molecule has 132 valence electrons. The summed E-state index contributed by atoms with van der Waals surface area (Å²) < 4.78 is 25.0. The molecule has 0 saturated carbocycles. The van der Waals surface area contributed by atoms with E-state index in [1.807, 2.05) is 18.2 Å². The van der Waals surface area contributed by atoms with Crippen molar-refractivity contribution in [3.63, 3.8) is 0 Å². The van der Waals surface area contributed by atoms with Crippen LogP contribution in [0.3, 0.4) is 0 Å². The van der Waals surface area contributed by atoms with E-state index in [-0.39, 0.29) is 24.8 Å². The summed E-state index contributed by atoms with van der Waals surface area (Å²) in [5.41, 5.74) is 1.54. The van der Waals surface area contributed by atoms with Gasteiger partial charge in [0.25, 0.3) is 0 Å². The molecule has 0 unspecified atom stereocenters. The van der Waals surface area contributed by atoms with Crippen molar-refractivity contribution in [1.82, 2.24) is 5.32 Å². The quantitative estimate of drug-likeness (QED) is 0.661. The van der Waals surface area contributed by atoms with Gasteiger partial charge >= 0.3 is 0 Å². The fraction of sp³-hybridized carbons (Fsp3) is 0.368. The average molecular weight is 354 g/mol. The average Bonchev–Trinajstić information content (AvgIpc) is 2.58. The first kappa shape index (κ1) is 20.3. The second-order valence-corrected chi connectivity index (χ2v) is 5.36. The molecule has 2 aromatic carbocycles. The summed E-state index contributed by atoms with van der Waals surface area (Å²) in [6, 6.07) is 12.4. The molecule has 2 aromatic rings. The largest absolute Gasteiger partial charge is 0.493 e. The van der Waals surface area contributed by atoms with Gasteiger partial charge in [0.05, 0.1) is 7.11 Å². The van der Waals surface area contributed by atoms with E-state index in [4.69, 9.17) is 9.47 Å². The topological polar surface area (TPSA) is 30.5 Å². The van der Waals surface area contributed by atoms with E-state index in [9.17, 15) is 4.39 Å². The highest BCUT2D eigenvalue weighted by Gasteiger charge is 2.11. The van der Waals surface area contributed by atoms with Crippen LogP contribution in [0.25, 0.3) is 0 Å². The zero-order chi connectivity index (χ0) is 16.5. The van der Waals surface area contributed by atoms with Gasteiger partial charge in [-0.15, -0.1) is 12.4 Å². The van der Waals surface area contributed by atoms with E-state index in [0.717, 1.165) is 24.9 Å². The molecule has 1 N–H and O–H groups in total. The van der Waals surface area contributed by atoms with Gasteiger partial charge in [-0.3, -0.25) is 0 Å². The highest BCUT2D eigenvalue weighted by Crippen LogP contribution is 2.32. The van der Waals surface area contributed by atoms with Crippen molar-refractivity contribution in [3.05, 3.63) is 59.4 Å². The number of methoxy groups -OCH3 is 1. The number of benzene rings is 2. The number of halogens is 2. The lowest BCUT2D eigenvalue weighted by Gasteiger charge is -2.16. The van der Waals surface area contributed by atoms with Gasteiger partial charge < -0.3 is 14.8 Å². The molecule has 0 heterocycles. The fourth-order valence-electron chi connectivity index (χ4n) is 2.32. The normalized spacial score (nSPS) is 10.1. The van der Waals surface area contributed by atoms with E-state index in [2.05, 4.69) is 12.2 Å². The van der Waals surface area contributed by atoms with Gasteiger partial charge in [0.1, 0.15) is 12.4 Å². The number of unbranched alkanes of at least 4 members (excludes halogenated alkanes) is 1. The van der Waals surface area contributed by atoms with Gasteiger partial charge in [-0.25, -0.2) is 4.39 Å². The number of rotatable bonds is 9. The molecule has 0 aromatic heterocycles. The number of hydrogen-bond acceptors (Lipinski definition) is 3. The van der Waals surface area contributed by atoms with E-state index >= 15 is 0 Å². The van der Waals surface area contributed by atoms with Crippen molar-refractivity contribution in [2.75, 3.05) is 13.7 Å². The summed E-state index contributed by atoms with van der Waals surface area (Å²) in [5, 5.41) is 3.39. The predicted molar refractivity (Wildman–Crippen MR) is 97.6 cm³/mol. The van der Waals surface area contributed by atoms with E-state index in [1.54, 1.807) is 25.3 Å². The van der Waals surface area contributed by atoms with Gasteiger partial charge in [-0.05, 0) is 25.1 Å². The summed E-state index contributed by atoms with van der Waals surface area (Å²) in [4.78, 5) is 0. The third-order valence-electron chi connectivity index (χ3n) is 3.63. The van der Waals surface area contributed by atoms with Gasteiger partial charge in [-0.2, -0.15) is 0 Å². The maximum Gasteiger partial charge on any atom is 0.166 e. The van der Waals surface area contributed by atoms with Crippen LogP contribution >= 0.6 is 12.4 Å². The van der Waals surface area contributed by atoms with Crippen molar-refractivity contribution in [2.45, 2.75) is 32.9 Å². The summed E-state index contributed by atoms with van der Waals surface area (Å²) in [6.07, 6.45) is 2.29. The van der Waals surface area contributed by atoms with Crippen LogP contribution in [0.5, 0.6) is 11.5 Å². The molecule has 0 aliphatic carbocycles. The van der Waals surface area contributed by atoms with Crippen LogP contribution < -0.4 is 14.8 Å². The molecule has 0 aliphatic rings. The monoisotopic (exact) mass is 353 g/mol. The Balaban J connectivity index is 0.00000288. The number of hydrogen-bond donors (Lipinski definition) is 1. The molecule has 2 rings (SSSR count). The Morgan fingerprint density at radius 3 is 2.50 bits per heavy atom. The summed E-state index contributed by atoms with van der Waals surface area (Å²) in [6.45, 7) is 4.00. The van der Waals surface area contributed by atoms with Crippen LogP contribution in [-0.2, 0) is 13.2 Å².